The van der Waals surface area contributed by atoms with Gasteiger partial charge in [-0.05, 0) is 30.3 Å². The summed E-state index contributed by atoms with van der Waals surface area (Å²) in [6.07, 6.45) is 0.820. The van der Waals surface area contributed by atoms with E-state index in [-0.39, 0.29) is 5.97 Å². The third kappa shape index (κ3) is 1.16. The van der Waals surface area contributed by atoms with Gasteiger partial charge in [0.2, 0.25) is 5.05 Å². The van der Waals surface area contributed by atoms with Crippen molar-refractivity contribution < 1.29 is 9.53 Å². The van der Waals surface area contributed by atoms with Gasteiger partial charge in [-0.2, -0.15) is 0 Å². The lowest BCUT2D eigenvalue weighted by Crippen LogP contribution is -1.99. The van der Waals surface area contributed by atoms with Crippen molar-refractivity contribution in [3.8, 4) is 0 Å². The molecule has 0 saturated carbocycles. The van der Waals surface area contributed by atoms with Crippen LogP contribution in [0.1, 0.15) is 28.4 Å². The van der Waals surface area contributed by atoms with Crippen molar-refractivity contribution in [3.05, 3.63) is 34.9 Å². The highest BCUT2D eigenvalue weighted by Crippen LogP contribution is 2.24. The van der Waals surface area contributed by atoms with Gasteiger partial charge in [0.25, 0.3) is 0 Å². The van der Waals surface area contributed by atoms with Crippen molar-refractivity contribution in [1.29, 1.82) is 0 Å². The molecule has 1 aromatic carbocycles. The lowest BCUT2D eigenvalue weighted by molar-refractivity contribution is 0.0741. The van der Waals surface area contributed by atoms with E-state index in [1.165, 1.54) is 0 Å². The summed E-state index contributed by atoms with van der Waals surface area (Å²) in [4.78, 5) is 11.3. The Morgan fingerprint density at radius 3 is 2.92 bits per heavy atom. The van der Waals surface area contributed by atoms with E-state index < -0.39 is 0 Å². The van der Waals surface area contributed by atoms with Gasteiger partial charge in [-0.3, -0.25) is 0 Å². The lowest BCUT2D eigenvalue weighted by atomic mass is 10.0. The molecule has 0 aromatic heterocycles. The molecule has 1 aromatic rings. The number of hydrogen-bond donors (Lipinski definition) is 0. The Hall–Kier alpha value is -1.22. The lowest BCUT2D eigenvalue weighted by Gasteiger charge is -1.99. The van der Waals surface area contributed by atoms with Crippen LogP contribution >= 0.6 is 12.2 Å². The Labute approximate surface area is 81.5 Å². The quantitative estimate of drug-likeness (QED) is 0.503. The van der Waals surface area contributed by atoms with Crippen LogP contribution < -0.4 is 0 Å². The van der Waals surface area contributed by atoms with Crippen LogP contribution in [0.3, 0.4) is 0 Å². The zero-order valence-electron chi connectivity index (χ0n) is 7.16. The molecular weight excluding hydrogens is 184 g/mol. The SMILES string of the molecule is CCc1cccc2c1C(=O)OC2=S. The highest BCUT2D eigenvalue weighted by Gasteiger charge is 2.28. The van der Waals surface area contributed by atoms with Crippen molar-refractivity contribution in [1.82, 2.24) is 0 Å². The van der Waals surface area contributed by atoms with Crippen LogP contribution in [0.4, 0.5) is 0 Å². The zero-order chi connectivity index (χ0) is 9.42. The molecule has 2 nitrogen and oxygen atoms in total. The fourth-order valence-electron chi connectivity index (χ4n) is 1.50. The average molecular weight is 192 g/mol. The number of thiocarbonyl (C=S) groups is 1. The van der Waals surface area contributed by atoms with Gasteiger partial charge < -0.3 is 4.74 Å². The third-order valence-electron chi connectivity index (χ3n) is 2.14. The Morgan fingerprint density at radius 1 is 1.46 bits per heavy atom. The van der Waals surface area contributed by atoms with Gasteiger partial charge in [-0.15, -0.1) is 0 Å². The molecule has 0 spiro atoms. The Bertz CT molecular complexity index is 396. The number of carbonyl (C=O) groups excluding carboxylic acids is 1. The standard InChI is InChI=1S/C10H8O2S/c1-2-6-4-3-5-7-8(6)9(11)12-10(7)13/h3-5H,2H2,1H3. The van der Waals surface area contributed by atoms with Crippen molar-refractivity contribution in [2.75, 3.05) is 0 Å². The highest BCUT2D eigenvalue weighted by molar-refractivity contribution is 7.80. The predicted octanol–water partition coefficient (Wildman–Crippen LogP) is 2.09. The topological polar surface area (TPSA) is 26.3 Å². The molecular formula is C10H8O2S. The normalized spacial score (nSPS) is 14.2. The Kier molecular flexibility index (Phi) is 1.88. The molecule has 0 unspecified atom stereocenters. The van der Waals surface area contributed by atoms with Crippen molar-refractivity contribution in [2.24, 2.45) is 0 Å². The van der Waals surface area contributed by atoms with E-state index in [1.807, 2.05) is 25.1 Å². The summed E-state index contributed by atoms with van der Waals surface area (Å²) in [5.41, 5.74) is 2.41. The van der Waals surface area contributed by atoms with Crippen LogP contribution in [0.25, 0.3) is 0 Å². The maximum atomic E-state index is 11.3. The number of cyclic esters (lactones) is 1. The number of esters is 1. The van der Waals surface area contributed by atoms with Gasteiger partial charge in [-0.25, -0.2) is 4.79 Å². The van der Waals surface area contributed by atoms with E-state index in [9.17, 15) is 4.79 Å². The summed E-state index contributed by atoms with van der Waals surface area (Å²) in [7, 11) is 0. The molecule has 0 N–H and O–H groups in total. The molecule has 13 heavy (non-hydrogen) atoms. The van der Waals surface area contributed by atoms with E-state index in [1.54, 1.807) is 0 Å². The first-order chi connectivity index (χ1) is 6.24. The maximum absolute atomic E-state index is 11.3. The molecule has 0 atom stereocenters. The summed E-state index contributed by atoms with van der Waals surface area (Å²) >= 11 is 4.92. The maximum Gasteiger partial charge on any atom is 0.345 e. The van der Waals surface area contributed by atoms with Gasteiger partial charge in [0.15, 0.2) is 0 Å². The van der Waals surface area contributed by atoms with Crippen LogP contribution in [0, 0.1) is 0 Å². The minimum Gasteiger partial charge on any atom is -0.410 e. The molecule has 0 bridgehead atoms. The van der Waals surface area contributed by atoms with Crippen molar-refractivity contribution in [3.63, 3.8) is 0 Å². The van der Waals surface area contributed by atoms with E-state index in [0.29, 0.717) is 10.6 Å². The number of benzene rings is 1. The fourth-order valence-corrected chi connectivity index (χ4v) is 1.74. The first kappa shape index (κ1) is 8.38. The van der Waals surface area contributed by atoms with Crippen molar-refractivity contribution in [2.45, 2.75) is 13.3 Å². The molecule has 2 rings (SSSR count). The van der Waals surface area contributed by atoms with Crippen LogP contribution in [-0.4, -0.2) is 11.0 Å². The molecule has 0 saturated heterocycles. The molecule has 0 radical (unpaired) electrons. The number of fused-ring (bicyclic) bond motifs is 1. The average Bonchev–Trinajstić information content (AvgIpc) is 2.43. The van der Waals surface area contributed by atoms with E-state index in [4.69, 9.17) is 17.0 Å². The molecule has 1 aliphatic rings. The molecule has 0 aliphatic carbocycles. The monoisotopic (exact) mass is 192 g/mol. The summed E-state index contributed by atoms with van der Waals surface area (Å²) < 4.78 is 4.87. The number of hydrogen-bond acceptors (Lipinski definition) is 3. The number of rotatable bonds is 1. The number of ether oxygens (including phenoxy) is 1. The van der Waals surface area contributed by atoms with Crippen LogP contribution in [-0.2, 0) is 11.2 Å². The van der Waals surface area contributed by atoms with Crippen LogP contribution in [0.5, 0.6) is 0 Å². The van der Waals surface area contributed by atoms with Gasteiger partial charge in [0.05, 0.1) is 5.56 Å². The molecule has 0 amide bonds. The fraction of sp³-hybridized carbons (Fsp3) is 0.200. The zero-order valence-corrected chi connectivity index (χ0v) is 7.98. The second-order valence-electron chi connectivity index (χ2n) is 2.87. The van der Waals surface area contributed by atoms with Gasteiger partial charge in [-0.1, -0.05) is 19.1 Å². The first-order valence-corrected chi connectivity index (χ1v) is 4.53. The Morgan fingerprint density at radius 2 is 2.23 bits per heavy atom. The minimum atomic E-state index is -0.308. The predicted molar refractivity (Wildman–Crippen MR) is 52.9 cm³/mol. The molecule has 66 valence electrons. The third-order valence-corrected chi connectivity index (χ3v) is 2.44. The second kappa shape index (κ2) is 2.92. The minimum absolute atomic E-state index is 0.301. The number of carbonyl (C=O) groups is 1. The van der Waals surface area contributed by atoms with E-state index in [0.717, 1.165) is 17.5 Å². The second-order valence-corrected chi connectivity index (χ2v) is 3.24. The first-order valence-electron chi connectivity index (χ1n) is 4.12. The summed E-state index contributed by atoms with van der Waals surface area (Å²) in [5, 5.41) is 0.301. The molecule has 0 fully saturated rings. The van der Waals surface area contributed by atoms with E-state index in [2.05, 4.69) is 0 Å². The van der Waals surface area contributed by atoms with Gasteiger partial charge in [0, 0.05) is 5.56 Å². The van der Waals surface area contributed by atoms with Crippen molar-refractivity contribution >= 4 is 23.2 Å². The van der Waals surface area contributed by atoms with Gasteiger partial charge >= 0.3 is 5.97 Å². The van der Waals surface area contributed by atoms with Crippen LogP contribution in [0.15, 0.2) is 18.2 Å². The number of aryl methyl sites for hydroxylation is 1. The largest absolute Gasteiger partial charge is 0.410 e. The molecule has 3 heteroatoms. The highest BCUT2D eigenvalue weighted by atomic mass is 32.1. The summed E-state index contributed by atoms with van der Waals surface area (Å²) in [5.74, 6) is -0.308. The summed E-state index contributed by atoms with van der Waals surface area (Å²) in [6.45, 7) is 2.00. The van der Waals surface area contributed by atoms with Crippen LogP contribution in [0.2, 0.25) is 0 Å². The van der Waals surface area contributed by atoms with E-state index >= 15 is 0 Å². The molecule has 1 aliphatic heterocycles. The van der Waals surface area contributed by atoms with Gasteiger partial charge in [0.1, 0.15) is 0 Å². The molecule has 1 heterocycles. The smallest absolute Gasteiger partial charge is 0.345 e. The Balaban J connectivity index is 2.69. The summed E-state index contributed by atoms with van der Waals surface area (Å²) in [6, 6.07) is 5.64.